The molecule has 2 N–H and O–H groups in total. The second-order valence-electron chi connectivity index (χ2n) is 5.86. The summed E-state index contributed by atoms with van der Waals surface area (Å²) in [6, 6.07) is 3.14. The maximum Gasteiger partial charge on any atom is 0.416 e. The van der Waals surface area contributed by atoms with Crippen LogP contribution in [0.15, 0.2) is 18.2 Å². The summed E-state index contributed by atoms with van der Waals surface area (Å²) in [6.07, 6.45) is -1.25. The fourth-order valence-electron chi connectivity index (χ4n) is 2.47. The Bertz CT molecular complexity index is 536. The fraction of sp³-hybridized carbons (Fsp3) is 0.533. The van der Waals surface area contributed by atoms with Crippen molar-refractivity contribution in [1.29, 1.82) is 0 Å². The first-order chi connectivity index (χ1) is 9.75. The highest BCUT2D eigenvalue weighted by Crippen LogP contribution is 2.39. The third-order valence-corrected chi connectivity index (χ3v) is 4.10. The molecule has 0 saturated heterocycles. The molecule has 0 atom stereocenters. The smallest absolute Gasteiger partial charge is 0.387 e. The molecule has 0 unspecified atom stereocenters. The first-order valence-electron chi connectivity index (χ1n) is 6.92. The summed E-state index contributed by atoms with van der Waals surface area (Å²) in [5.41, 5.74) is -0.326. The van der Waals surface area contributed by atoms with Crippen LogP contribution >= 0.6 is 0 Å². The van der Waals surface area contributed by atoms with Crippen LogP contribution in [0, 0.1) is 5.41 Å². The standard InChI is InChI=1S/C15H19F3N2O/c1-14(6-3-7-14)9-20-13(21)11-8-10(15(16,17)18)4-5-12(11)19-2/h4-5,8,19H,3,6-7,9H2,1-2H3,(H,20,21). The van der Waals surface area contributed by atoms with Crippen molar-refractivity contribution in [3.8, 4) is 0 Å². The van der Waals surface area contributed by atoms with Crippen LogP contribution in [-0.2, 0) is 6.18 Å². The molecule has 0 radical (unpaired) electrons. The van der Waals surface area contributed by atoms with E-state index in [1.54, 1.807) is 7.05 Å². The summed E-state index contributed by atoms with van der Waals surface area (Å²) in [5.74, 6) is -0.474. The minimum Gasteiger partial charge on any atom is -0.387 e. The van der Waals surface area contributed by atoms with Gasteiger partial charge in [-0.05, 0) is 36.5 Å². The van der Waals surface area contributed by atoms with Crippen molar-refractivity contribution in [2.75, 3.05) is 18.9 Å². The predicted molar refractivity (Wildman–Crippen MR) is 75.3 cm³/mol. The molecular formula is C15H19F3N2O. The molecule has 0 heterocycles. The lowest BCUT2D eigenvalue weighted by Crippen LogP contribution is -2.40. The van der Waals surface area contributed by atoms with Gasteiger partial charge >= 0.3 is 6.18 Å². The maximum atomic E-state index is 12.8. The van der Waals surface area contributed by atoms with E-state index in [9.17, 15) is 18.0 Å². The predicted octanol–water partition coefficient (Wildman–Crippen LogP) is 3.67. The number of halogens is 3. The first kappa shape index (κ1) is 15.7. The summed E-state index contributed by atoms with van der Waals surface area (Å²) >= 11 is 0. The van der Waals surface area contributed by atoms with Crippen molar-refractivity contribution in [2.45, 2.75) is 32.4 Å². The number of carbonyl (C=O) groups is 1. The molecule has 1 saturated carbocycles. The Balaban J connectivity index is 2.17. The number of benzene rings is 1. The van der Waals surface area contributed by atoms with Crippen molar-refractivity contribution < 1.29 is 18.0 Å². The SMILES string of the molecule is CNc1ccc(C(F)(F)F)cc1C(=O)NCC1(C)CCC1. The van der Waals surface area contributed by atoms with E-state index in [0.717, 1.165) is 31.4 Å². The molecule has 21 heavy (non-hydrogen) atoms. The Morgan fingerprint density at radius 2 is 2.00 bits per heavy atom. The molecule has 1 aromatic carbocycles. The van der Waals surface area contributed by atoms with Crippen LogP contribution in [-0.4, -0.2) is 19.5 Å². The average Bonchev–Trinajstić information content (AvgIpc) is 2.41. The molecule has 1 aliphatic rings. The zero-order valence-corrected chi connectivity index (χ0v) is 12.1. The maximum absolute atomic E-state index is 12.8. The lowest BCUT2D eigenvalue weighted by Gasteiger charge is -2.38. The van der Waals surface area contributed by atoms with Crippen LogP contribution in [0.1, 0.15) is 42.1 Å². The molecule has 1 amide bonds. The number of carbonyl (C=O) groups excluding carboxylic acids is 1. The van der Waals surface area contributed by atoms with E-state index in [2.05, 4.69) is 17.6 Å². The summed E-state index contributed by atoms with van der Waals surface area (Å²) in [4.78, 5) is 12.2. The van der Waals surface area contributed by atoms with Gasteiger partial charge in [-0.25, -0.2) is 0 Å². The van der Waals surface area contributed by atoms with E-state index >= 15 is 0 Å². The van der Waals surface area contributed by atoms with Gasteiger partial charge in [0.15, 0.2) is 0 Å². The number of amides is 1. The normalized spacial score (nSPS) is 17.0. The van der Waals surface area contributed by atoms with Gasteiger partial charge in [0.2, 0.25) is 0 Å². The van der Waals surface area contributed by atoms with Crippen molar-refractivity contribution in [1.82, 2.24) is 5.32 Å². The van der Waals surface area contributed by atoms with Crippen molar-refractivity contribution in [3.63, 3.8) is 0 Å². The van der Waals surface area contributed by atoms with Gasteiger partial charge in [0.05, 0.1) is 11.1 Å². The van der Waals surface area contributed by atoms with Gasteiger partial charge in [-0.1, -0.05) is 13.3 Å². The monoisotopic (exact) mass is 300 g/mol. The van der Waals surface area contributed by atoms with Crippen molar-refractivity contribution in [2.24, 2.45) is 5.41 Å². The molecule has 1 aliphatic carbocycles. The van der Waals surface area contributed by atoms with Gasteiger partial charge in [-0.15, -0.1) is 0 Å². The molecule has 116 valence electrons. The third-order valence-electron chi connectivity index (χ3n) is 4.10. The molecule has 0 aromatic heterocycles. The number of anilines is 1. The van der Waals surface area contributed by atoms with E-state index in [-0.39, 0.29) is 11.0 Å². The molecule has 3 nitrogen and oxygen atoms in total. The molecule has 1 fully saturated rings. The van der Waals surface area contributed by atoms with E-state index in [0.29, 0.717) is 12.2 Å². The number of hydrogen-bond donors (Lipinski definition) is 2. The Kier molecular flexibility index (Phi) is 4.16. The topological polar surface area (TPSA) is 41.1 Å². The molecule has 6 heteroatoms. The molecular weight excluding hydrogens is 281 g/mol. The summed E-state index contributed by atoms with van der Waals surface area (Å²) < 4.78 is 38.3. The minimum atomic E-state index is -4.46. The minimum absolute atomic E-state index is 0.0234. The van der Waals surface area contributed by atoms with Crippen molar-refractivity contribution in [3.05, 3.63) is 29.3 Å². The number of alkyl halides is 3. The van der Waals surface area contributed by atoms with E-state index < -0.39 is 17.6 Å². The van der Waals surface area contributed by atoms with Gasteiger partial charge in [-0.2, -0.15) is 13.2 Å². The zero-order valence-electron chi connectivity index (χ0n) is 12.1. The number of rotatable bonds is 4. The van der Waals surface area contributed by atoms with Crippen LogP contribution in [0.2, 0.25) is 0 Å². The second kappa shape index (κ2) is 5.58. The highest BCUT2D eigenvalue weighted by molar-refractivity contribution is 5.99. The van der Waals surface area contributed by atoms with Gasteiger partial charge in [0.1, 0.15) is 0 Å². The van der Waals surface area contributed by atoms with E-state index in [4.69, 9.17) is 0 Å². The lowest BCUT2D eigenvalue weighted by molar-refractivity contribution is -0.137. The highest BCUT2D eigenvalue weighted by atomic mass is 19.4. The van der Waals surface area contributed by atoms with Crippen LogP contribution in [0.3, 0.4) is 0 Å². The molecule has 0 spiro atoms. The Morgan fingerprint density at radius 3 is 2.48 bits per heavy atom. The van der Waals surface area contributed by atoms with Crippen LogP contribution < -0.4 is 10.6 Å². The van der Waals surface area contributed by atoms with Crippen LogP contribution in [0.5, 0.6) is 0 Å². The zero-order chi connectivity index (χ0) is 15.7. The number of nitrogens with one attached hydrogen (secondary N) is 2. The quantitative estimate of drug-likeness (QED) is 0.891. The van der Waals surface area contributed by atoms with E-state index in [1.807, 2.05) is 0 Å². The van der Waals surface area contributed by atoms with E-state index in [1.165, 1.54) is 6.07 Å². The van der Waals surface area contributed by atoms with Crippen molar-refractivity contribution >= 4 is 11.6 Å². The summed E-state index contributed by atoms with van der Waals surface area (Å²) in [6.45, 7) is 2.56. The second-order valence-corrected chi connectivity index (χ2v) is 5.86. The van der Waals surface area contributed by atoms with Gasteiger partial charge in [-0.3, -0.25) is 4.79 Å². The third kappa shape index (κ3) is 3.49. The highest BCUT2D eigenvalue weighted by Gasteiger charge is 2.33. The molecule has 0 bridgehead atoms. The van der Waals surface area contributed by atoms with Crippen LogP contribution in [0.4, 0.5) is 18.9 Å². The van der Waals surface area contributed by atoms with Gasteiger partial charge in [0.25, 0.3) is 5.91 Å². The molecule has 0 aliphatic heterocycles. The summed E-state index contributed by atoms with van der Waals surface area (Å²) in [5, 5.41) is 5.50. The number of hydrogen-bond acceptors (Lipinski definition) is 2. The Morgan fingerprint density at radius 1 is 1.33 bits per heavy atom. The molecule has 2 rings (SSSR count). The van der Waals surface area contributed by atoms with Gasteiger partial charge < -0.3 is 10.6 Å². The average molecular weight is 300 g/mol. The van der Waals surface area contributed by atoms with Crippen LogP contribution in [0.25, 0.3) is 0 Å². The fourth-order valence-corrected chi connectivity index (χ4v) is 2.47. The Hall–Kier alpha value is -1.72. The first-order valence-corrected chi connectivity index (χ1v) is 6.92. The Labute approximate surface area is 121 Å². The lowest BCUT2D eigenvalue weighted by atomic mass is 9.70. The summed E-state index contributed by atoms with van der Waals surface area (Å²) in [7, 11) is 1.58. The molecule has 1 aromatic rings. The van der Waals surface area contributed by atoms with Gasteiger partial charge in [0, 0.05) is 19.3 Å². The largest absolute Gasteiger partial charge is 0.416 e.